The van der Waals surface area contributed by atoms with E-state index >= 15 is 0 Å². The lowest BCUT2D eigenvalue weighted by Crippen LogP contribution is -2.43. The Hall–Kier alpha value is -1.67. The number of nitrogens with zero attached hydrogens (tertiary/aromatic N) is 1. The molecule has 1 atom stereocenters. The van der Waals surface area contributed by atoms with Crippen LogP contribution in [-0.4, -0.2) is 46.2 Å². The quantitative estimate of drug-likeness (QED) is 0.851. The number of ether oxygens (including phenoxy) is 1. The van der Waals surface area contributed by atoms with E-state index in [1.54, 1.807) is 12.3 Å². The van der Waals surface area contributed by atoms with Crippen LogP contribution in [0.1, 0.15) is 22.9 Å². The van der Waals surface area contributed by atoms with Gasteiger partial charge in [-0.2, -0.15) is 0 Å². The lowest BCUT2D eigenvalue weighted by molar-refractivity contribution is 0.0128. The summed E-state index contributed by atoms with van der Waals surface area (Å²) in [6.45, 7) is 6.79. The first kappa shape index (κ1) is 18.1. The van der Waals surface area contributed by atoms with Crippen LogP contribution in [0.4, 0.5) is 0 Å². The number of benzene rings is 1. The standard InChI is InChI=1S/C18H24N2O4S/c1-14-5-6-18(15(2)12-14)25(21,22)19-13-16(17-4-3-9-24-17)20-7-10-23-11-8-20/h3-6,9,12,16,19H,7-8,10-11,13H2,1-2H3. The van der Waals surface area contributed by atoms with Crippen molar-refractivity contribution < 1.29 is 17.6 Å². The van der Waals surface area contributed by atoms with Gasteiger partial charge in [0, 0.05) is 19.6 Å². The number of morpholine rings is 1. The number of furan rings is 1. The molecule has 1 fully saturated rings. The van der Waals surface area contributed by atoms with E-state index < -0.39 is 10.0 Å². The number of rotatable bonds is 6. The summed E-state index contributed by atoms with van der Waals surface area (Å²) in [4.78, 5) is 2.51. The average Bonchev–Trinajstić information content (AvgIpc) is 3.10. The largest absolute Gasteiger partial charge is 0.468 e. The third-order valence-electron chi connectivity index (χ3n) is 4.44. The maximum atomic E-state index is 12.7. The molecule has 0 saturated carbocycles. The molecule has 1 unspecified atom stereocenters. The minimum absolute atomic E-state index is 0.153. The van der Waals surface area contributed by atoms with Gasteiger partial charge in [-0.3, -0.25) is 4.90 Å². The first-order valence-electron chi connectivity index (χ1n) is 8.39. The predicted molar refractivity (Wildman–Crippen MR) is 94.9 cm³/mol. The van der Waals surface area contributed by atoms with Crippen LogP contribution in [0.15, 0.2) is 45.9 Å². The average molecular weight is 364 g/mol. The van der Waals surface area contributed by atoms with Crippen molar-refractivity contribution in [2.45, 2.75) is 24.8 Å². The normalized spacial score (nSPS) is 17.5. The van der Waals surface area contributed by atoms with Crippen molar-refractivity contribution in [2.75, 3.05) is 32.8 Å². The highest BCUT2D eigenvalue weighted by atomic mass is 32.2. The number of aryl methyl sites for hydroxylation is 2. The molecule has 25 heavy (non-hydrogen) atoms. The van der Waals surface area contributed by atoms with Crippen LogP contribution in [0.5, 0.6) is 0 Å². The van der Waals surface area contributed by atoms with Gasteiger partial charge >= 0.3 is 0 Å². The Bertz CT molecular complexity index is 796. The summed E-state index contributed by atoms with van der Waals surface area (Å²) in [7, 11) is -3.58. The monoisotopic (exact) mass is 364 g/mol. The van der Waals surface area contributed by atoms with Crippen LogP contribution in [0, 0.1) is 13.8 Å². The molecule has 0 radical (unpaired) electrons. The van der Waals surface area contributed by atoms with Gasteiger partial charge in [-0.15, -0.1) is 0 Å². The first-order chi connectivity index (χ1) is 12.0. The number of hydrogen-bond acceptors (Lipinski definition) is 5. The van der Waals surface area contributed by atoms with Crippen LogP contribution < -0.4 is 4.72 Å². The van der Waals surface area contributed by atoms with Crippen LogP contribution in [0.3, 0.4) is 0 Å². The van der Waals surface area contributed by atoms with Gasteiger partial charge in [0.05, 0.1) is 30.4 Å². The fourth-order valence-corrected chi connectivity index (χ4v) is 4.41. The molecule has 1 aliphatic heterocycles. The molecule has 1 N–H and O–H groups in total. The molecular formula is C18H24N2O4S. The van der Waals surface area contributed by atoms with Crippen molar-refractivity contribution in [1.82, 2.24) is 9.62 Å². The molecule has 0 aliphatic carbocycles. The number of nitrogens with one attached hydrogen (secondary N) is 1. The molecule has 1 aromatic heterocycles. The first-order valence-corrected chi connectivity index (χ1v) is 9.88. The second-order valence-corrected chi connectivity index (χ2v) is 8.04. The Kier molecular flexibility index (Phi) is 5.58. The molecule has 2 heterocycles. The maximum absolute atomic E-state index is 12.7. The summed E-state index contributed by atoms with van der Waals surface area (Å²) in [5.74, 6) is 0.755. The minimum Gasteiger partial charge on any atom is -0.468 e. The number of hydrogen-bond donors (Lipinski definition) is 1. The van der Waals surface area contributed by atoms with Crippen molar-refractivity contribution in [2.24, 2.45) is 0 Å². The van der Waals surface area contributed by atoms with E-state index in [2.05, 4.69) is 9.62 Å². The van der Waals surface area contributed by atoms with E-state index in [1.165, 1.54) is 0 Å². The van der Waals surface area contributed by atoms with E-state index in [-0.39, 0.29) is 12.6 Å². The Balaban J connectivity index is 1.78. The molecule has 7 heteroatoms. The van der Waals surface area contributed by atoms with Crippen molar-refractivity contribution in [3.05, 3.63) is 53.5 Å². The minimum atomic E-state index is -3.58. The van der Waals surface area contributed by atoms with E-state index in [0.717, 1.165) is 30.0 Å². The summed E-state index contributed by atoms with van der Waals surface area (Å²) in [5.41, 5.74) is 1.78. The van der Waals surface area contributed by atoms with Crippen molar-refractivity contribution >= 4 is 10.0 Å². The summed E-state index contributed by atoms with van der Waals surface area (Å²) < 4.78 is 39.2. The second kappa shape index (κ2) is 7.70. The Morgan fingerprint density at radius 2 is 1.96 bits per heavy atom. The molecule has 0 amide bonds. The third kappa shape index (κ3) is 4.30. The van der Waals surface area contributed by atoms with Crippen LogP contribution in [0.25, 0.3) is 0 Å². The molecule has 1 saturated heterocycles. The summed E-state index contributed by atoms with van der Waals surface area (Å²) in [6.07, 6.45) is 1.61. The van der Waals surface area contributed by atoms with Gasteiger partial charge in [-0.25, -0.2) is 13.1 Å². The second-order valence-electron chi connectivity index (χ2n) is 6.30. The third-order valence-corrected chi connectivity index (χ3v) is 6.03. The summed E-state index contributed by atoms with van der Waals surface area (Å²) >= 11 is 0. The van der Waals surface area contributed by atoms with Crippen LogP contribution in [0.2, 0.25) is 0 Å². The van der Waals surface area contributed by atoms with Gasteiger partial charge in [-0.05, 0) is 37.6 Å². The fraction of sp³-hybridized carbons (Fsp3) is 0.444. The van der Waals surface area contributed by atoms with Gasteiger partial charge in [-0.1, -0.05) is 17.7 Å². The Morgan fingerprint density at radius 1 is 1.20 bits per heavy atom. The predicted octanol–water partition coefficient (Wildman–Crippen LogP) is 2.25. The van der Waals surface area contributed by atoms with E-state index in [9.17, 15) is 8.42 Å². The lowest BCUT2D eigenvalue weighted by atomic mass is 10.2. The molecule has 0 bridgehead atoms. The van der Waals surface area contributed by atoms with Crippen LogP contribution >= 0.6 is 0 Å². The topological polar surface area (TPSA) is 71.8 Å². The Morgan fingerprint density at radius 3 is 2.60 bits per heavy atom. The molecule has 1 aliphatic rings. The fourth-order valence-electron chi connectivity index (χ4n) is 3.15. The molecular weight excluding hydrogens is 340 g/mol. The van der Waals surface area contributed by atoms with Crippen molar-refractivity contribution in [3.8, 4) is 0 Å². The lowest BCUT2D eigenvalue weighted by Gasteiger charge is -2.33. The smallest absolute Gasteiger partial charge is 0.240 e. The highest BCUT2D eigenvalue weighted by Crippen LogP contribution is 2.23. The zero-order chi connectivity index (χ0) is 17.9. The van der Waals surface area contributed by atoms with Gasteiger partial charge in [0.2, 0.25) is 10.0 Å². The molecule has 0 spiro atoms. The van der Waals surface area contributed by atoms with Gasteiger partial charge in [0.15, 0.2) is 0 Å². The van der Waals surface area contributed by atoms with Crippen molar-refractivity contribution in [3.63, 3.8) is 0 Å². The zero-order valence-electron chi connectivity index (χ0n) is 14.6. The van der Waals surface area contributed by atoms with Gasteiger partial charge in [0.25, 0.3) is 0 Å². The highest BCUT2D eigenvalue weighted by molar-refractivity contribution is 7.89. The van der Waals surface area contributed by atoms with Crippen molar-refractivity contribution in [1.29, 1.82) is 0 Å². The maximum Gasteiger partial charge on any atom is 0.240 e. The molecule has 1 aromatic carbocycles. The van der Waals surface area contributed by atoms with E-state index in [0.29, 0.717) is 18.1 Å². The van der Waals surface area contributed by atoms with Gasteiger partial charge < -0.3 is 9.15 Å². The van der Waals surface area contributed by atoms with Gasteiger partial charge in [0.1, 0.15) is 5.76 Å². The van der Waals surface area contributed by atoms with E-state index in [1.807, 2.05) is 38.1 Å². The molecule has 6 nitrogen and oxygen atoms in total. The number of sulfonamides is 1. The molecule has 3 rings (SSSR count). The zero-order valence-corrected chi connectivity index (χ0v) is 15.4. The summed E-state index contributed by atoms with van der Waals surface area (Å²) in [6, 6.07) is 8.89. The SMILES string of the molecule is Cc1ccc(S(=O)(=O)NCC(c2ccco2)N2CCOCC2)c(C)c1. The molecule has 136 valence electrons. The summed E-state index contributed by atoms with van der Waals surface area (Å²) in [5, 5.41) is 0. The van der Waals surface area contributed by atoms with Crippen LogP contribution in [-0.2, 0) is 14.8 Å². The molecule has 2 aromatic rings. The highest BCUT2D eigenvalue weighted by Gasteiger charge is 2.27. The Labute approximate surface area is 148 Å². The van der Waals surface area contributed by atoms with E-state index in [4.69, 9.17) is 9.15 Å².